The molecule has 0 aromatic heterocycles. The zero-order valence-electron chi connectivity index (χ0n) is 10.7. The van der Waals surface area contributed by atoms with Gasteiger partial charge in [-0.05, 0) is 24.6 Å². The molecule has 2 rings (SSSR count). The number of hydrogen-bond donors (Lipinski definition) is 1. The number of carbonyl (C=O) groups is 1. The van der Waals surface area contributed by atoms with E-state index in [1.54, 1.807) is 24.0 Å². The van der Waals surface area contributed by atoms with Gasteiger partial charge in [0.15, 0.2) is 0 Å². The minimum absolute atomic E-state index is 0. The van der Waals surface area contributed by atoms with E-state index in [-0.39, 0.29) is 30.2 Å². The number of hydrogen-bond acceptors (Lipinski definition) is 3. The average Bonchev–Trinajstić information content (AvgIpc) is 2.38. The minimum atomic E-state index is -0.503. The molecule has 2 atom stereocenters. The molecular formula is C13H18ClFN2O2. The highest BCUT2D eigenvalue weighted by atomic mass is 35.5. The summed E-state index contributed by atoms with van der Waals surface area (Å²) in [6, 6.07) is 5.65. The van der Waals surface area contributed by atoms with E-state index in [4.69, 9.17) is 10.5 Å². The van der Waals surface area contributed by atoms with Crippen molar-refractivity contribution in [3.8, 4) is 0 Å². The number of ether oxygens (including phenoxy) is 1. The SMILES string of the molecule is C[C@@H](N)C(=O)N1CCOC(c2ccc(F)cc2)C1.Cl. The maximum absolute atomic E-state index is 12.8. The number of nitrogens with two attached hydrogens (primary N) is 1. The molecule has 2 N–H and O–H groups in total. The maximum atomic E-state index is 12.8. The summed E-state index contributed by atoms with van der Waals surface area (Å²) in [5, 5.41) is 0. The molecule has 1 fully saturated rings. The first-order valence-electron chi connectivity index (χ1n) is 5.99. The van der Waals surface area contributed by atoms with Gasteiger partial charge in [0.05, 0.1) is 19.2 Å². The molecule has 1 saturated heterocycles. The van der Waals surface area contributed by atoms with Gasteiger partial charge in [-0.3, -0.25) is 4.79 Å². The van der Waals surface area contributed by atoms with Crippen molar-refractivity contribution < 1.29 is 13.9 Å². The average molecular weight is 289 g/mol. The Hall–Kier alpha value is -1.17. The van der Waals surface area contributed by atoms with Crippen LogP contribution in [0.25, 0.3) is 0 Å². The number of carbonyl (C=O) groups excluding carboxylic acids is 1. The number of benzene rings is 1. The summed E-state index contributed by atoms with van der Waals surface area (Å²) in [6.45, 7) is 3.16. The van der Waals surface area contributed by atoms with Crippen molar-refractivity contribution >= 4 is 18.3 Å². The second-order valence-electron chi connectivity index (χ2n) is 4.48. The molecule has 19 heavy (non-hydrogen) atoms. The van der Waals surface area contributed by atoms with Gasteiger partial charge >= 0.3 is 0 Å². The Morgan fingerprint density at radius 2 is 2.11 bits per heavy atom. The lowest BCUT2D eigenvalue weighted by Crippen LogP contribution is -2.48. The lowest BCUT2D eigenvalue weighted by molar-refractivity contribution is -0.140. The van der Waals surface area contributed by atoms with Gasteiger partial charge in [0.25, 0.3) is 0 Å². The van der Waals surface area contributed by atoms with Crippen LogP contribution in [0.2, 0.25) is 0 Å². The van der Waals surface area contributed by atoms with Gasteiger partial charge < -0.3 is 15.4 Å². The third-order valence-electron chi connectivity index (χ3n) is 3.01. The third kappa shape index (κ3) is 3.89. The Labute approximate surface area is 118 Å². The molecule has 0 spiro atoms. The Kier molecular flexibility index (Phi) is 5.72. The van der Waals surface area contributed by atoms with Crippen LogP contribution in [0.1, 0.15) is 18.6 Å². The molecular weight excluding hydrogens is 271 g/mol. The van der Waals surface area contributed by atoms with E-state index >= 15 is 0 Å². The van der Waals surface area contributed by atoms with Crippen LogP contribution in [0.4, 0.5) is 4.39 Å². The van der Waals surface area contributed by atoms with Crippen LogP contribution in [-0.2, 0) is 9.53 Å². The fourth-order valence-corrected chi connectivity index (χ4v) is 2.02. The first-order valence-corrected chi connectivity index (χ1v) is 5.99. The highest BCUT2D eigenvalue weighted by Gasteiger charge is 2.26. The summed E-state index contributed by atoms with van der Waals surface area (Å²) in [7, 11) is 0. The second-order valence-corrected chi connectivity index (χ2v) is 4.48. The topological polar surface area (TPSA) is 55.6 Å². The van der Waals surface area contributed by atoms with Gasteiger partial charge in [0.2, 0.25) is 5.91 Å². The standard InChI is InChI=1S/C13H17FN2O2.ClH/c1-9(15)13(17)16-6-7-18-12(8-16)10-2-4-11(14)5-3-10;/h2-5,9,12H,6-8,15H2,1H3;1H/t9-,12?;/m1./s1. The lowest BCUT2D eigenvalue weighted by atomic mass is 10.1. The molecule has 1 aliphatic rings. The molecule has 0 bridgehead atoms. The summed E-state index contributed by atoms with van der Waals surface area (Å²) in [5.74, 6) is -0.358. The Morgan fingerprint density at radius 1 is 1.47 bits per heavy atom. The van der Waals surface area contributed by atoms with Crippen molar-refractivity contribution in [1.29, 1.82) is 0 Å². The number of amides is 1. The van der Waals surface area contributed by atoms with Gasteiger partial charge in [0.1, 0.15) is 11.9 Å². The number of nitrogens with zero attached hydrogens (tertiary/aromatic N) is 1. The Morgan fingerprint density at radius 3 is 2.68 bits per heavy atom. The quantitative estimate of drug-likeness (QED) is 0.897. The zero-order valence-corrected chi connectivity index (χ0v) is 11.5. The van der Waals surface area contributed by atoms with Crippen molar-refractivity contribution in [2.45, 2.75) is 19.1 Å². The van der Waals surface area contributed by atoms with Gasteiger partial charge in [0, 0.05) is 6.54 Å². The molecule has 6 heteroatoms. The van der Waals surface area contributed by atoms with E-state index in [1.165, 1.54) is 12.1 Å². The van der Waals surface area contributed by atoms with Crippen LogP contribution in [0.5, 0.6) is 0 Å². The maximum Gasteiger partial charge on any atom is 0.239 e. The second kappa shape index (κ2) is 6.84. The van der Waals surface area contributed by atoms with Gasteiger partial charge in [-0.1, -0.05) is 12.1 Å². The highest BCUT2D eigenvalue weighted by Crippen LogP contribution is 2.22. The predicted octanol–water partition coefficient (Wildman–Crippen LogP) is 1.49. The Bertz CT molecular complexity index is 425. The summed E-state index contributed by atoms with van der Waals surface area (Å²) >= 11 is 0. The van der Waals surface area contributed by atoms with E-state index in [1.807, 2.05) is 0 Å². The van der Waals surface area contributed by atoms with Crippen LogP contribution in [0, 0.1) is 5.82 Å². The molecule has 0 saturated carbocycles. The summed E-state index contributed by atoms with van der Waals surface area (Å²) < 4.78 is 18.4. The van der Waals surface area contributed by atoms with E-state index in [2.05, 4.69) is 0 Å². The molecule has 1 heterocycles. The van der Waals surface area contributed by atoms with Crippen LogP contribution < -0.4 is 5.73 Å². The molecule has 0 radical (unpaired) electrons. The van der Waals surface area contributed by atoms with Crippen molar-refractivity contribution in [2.24, 2.45) is 5.73 Å². The monoisotopic (exact) mass is 288 g/mol. The molecule has 1 unspecified atom stereocenters. The molecule has 0 aliphatic carbocycles. The van der Waals surface area contributed by atoms with Crippen LogP contribution in [0.3, 0.4) is 0 Å². The van der Waals surface area contributed by atoms with Gasteiger partial charge in [-0.25, -0.2) is 4.39 Å². The summed E-state index contributed by atoms with van der Waals surface area (Å²) in [5.41, 5.74) is 6.46. The first kappa shape index (κ1) is 15.9. The zero-order chi connectivity index (χ0) is 13.1. The van der Waals surface area contributed by atoms with Crippen molar-refractivity contribution in [3.63, 3.8) is 0 Å². The lowest BCUT2D eigenvalue weighted by Gasteiger charge is -2.34. The van der Waals surface area contributed by atoms with Crippen LogP contribution >= 0.6 is 12.4 Å². The molecule has 4 nitrogen and oxygen atoms in total. The minimum Gasteiger partial charge on any atom is -0.370 e. The highest BCUT2D eigenvalue weighted by molar-refractivity contribution is 5.85. The summed E-state index contributed by atoms with van der Waals surface area (Å²) in [4.78, 5) is 13.5. The van der Waals surface area contributed by atoms with E-state index in [0.717, 1.165) is 5.56 Å². The van der Waals surface area contributed by atoms with Crippen LogP contribution in [0.15, 0.2) is 24.3 Å². The van der Waals surface area contributed by atoms with Crippen molar-refractivity contribution in [1.82, 2.24) is 4.90 Å². The molecule has 1 aromatic rings. The first-order chi connectivity index (χ1) is 8.58. The van der Waals surface area contributed by atoms with E-state index < -0.39 is 6.04 Å². The van der Waals surface area contributed by atoms with E-state index in [0.29, 0.717) is 19.7 Å². The largest absolute Gasteiger partial charge is 0.370 e. The van der Waals surface area contributed by atoms with Gasteiger partial charge in [-0.15, -0.1) is 12.4 Å². The predicted molar refractivity (Wildman–Crippen MR) is 72.6 cm³/mol. The molecule has 1 amide bonds. The third-order valence-corrected chi connectivity index (χ3v) is 3.01. The fraction of sp³-hybridized carbons (Fsp3) is 0.462. The normalized spacial score (nSPS) is 20.6. The number of rotatable bonds is 2. The van der Waals surface area contributed by atoms with Gasteiger partial charge in [-0.2, -0.15) is 0 Å². The number of morpholine rings is 1. The van der Waals surface area contributed by atoms with E-state index in [9.17, 15) is 9.18 Å². The molecule has 1 aliphatic heterocycles. The molecule has 1 aromatic carbocycles. The van der Waals surface area contributed by atoms with Crippen molar-refractivity contribution in [2.75, 3.05) is 19.7 Å². The molecule has 106 valence electrons. The summed E-state index contributed by atoms with van der Waals surface area (Å²) in [6.07, 6.45) is -0.206. The fourth-order valence-electron chi connectivity index (χ4n) is 2.02. The Balaban J connectivity index is 0.00000180. The smallest absolute Gasteiger partial charge is 0.239 e. The number of halogens is 2. The van der Waals surface area contributed by atoms with Crippen molar-refractivity contribution in [3.05, 3.63) is 35.6 Å². The van der Waals surface area contributed by atoms with Crippen LogP contribution in [-0.4, -0.2) is 36.5 Å².